The summed E-state index contributed by atoms with van der Waals surface area (Å²) in [5, 5.41) is 3.85. The molecule has 2 amide bonds. The van der Waals surface area contributed by atoms with E-state index in [4.69, 9.17) is 46.4 Å². The van der Waals surface area contributed by atoms with Crippen LogP contribution in [0.4, 0.5) is 5.69 Å². The molecule has 0 bridgehead atoms. The van der Waals surface area contributed by atoms with Gasteiger partial charge in [0.15, 0.2) is 0 Å². The number of hydrogen-bond acceptors (Lipinski definition) is 4. The summed E-state index contributed by atoms with van der Waals surface area (Å²) in [7, 11) is -4.27. The van der Waals surface area contributed by atoms with E-state index in [9.17, 15) is 18.0 Å². The highest BCUT2D eigenvalue weighted by Gasteiger charge is 2.34. The fraction of sp³-hybridized carbons (Fsp3) is 0.310. The third-order valence-corrected chi connectivity index (χ3v) is 10.2. The van der Waals surface area contributed by atoms with Crippen LogP contribution < -0.4 is 9.62 Å². The van der Waals surface area contributed by atoms with E-state index in [0.717, 1.165) is 30.0 Å². The number of nitrogens with zero attached hydrogens (tertiary/aromatic N) is 2. The molecular formula is C29H29Cl4N3O4S. The Kier molecular flexibility index (Phi) is 10.5. The van der Waals surface area contributed by atoms with Crippen LogP contribution in [0, 0.1) is 0 Å². The van der Waals surface area contributed by atoms with Gasteiger partial charge in [0, 0.05) is 22.6 Å². The first kappa shape index (κ1) is 31.4. The Morgan fingerprint density at radius 1 is 0.927 bits per heavy atom. The van der Waals surface area contributed by atoms with Crippen molar-refractivity contribution < 1.29 is 18.0 Å². The molecule has 1 N–H and O–H groups in total. The van der Waals surface area contributed by atoms with Gasteiger partial charge in [-0.05, 0) is 61.7 Å². The maximum absolute atomic E-state index is 14.1. The average Bonchev–Trinajstić information content (AvgIpc) is 3.46. The van der Waals surface area contributed by atoms with Crippen molar-refractivity contribution in [2.24, 2.45) is 0 Å². The fourth-order valence-corrected chi connectivity index (χ4v) is 7.09. The van der Waals surface area contributed by atoms with Crippen LogP contribution in [0.25, 0.3) is 0 Å². The molecule has 3 aromatic carbocycles. The highest BCUT2D eigenvalue weighted by atomic mass is 35.5. The van der Waals surface area contributed by atoms with Gasteiger partial charge >= 0.3 is 0 Å². The summed E-state index contributed by atoms with van der Waals surface area (Å²) in [5.41, 5.74) is 0.576. The predicted molar refractivity (Wildman–Crippen MR) is 164 cm³/mol. The smallest absolute Gasteiger partial charge is 0.264 e. The monoisotopic (exact) mass is 655 g/mol. The molecule has 1 saturated carbocycles. The molecule has 4 rings (SSSR count). The van der Waals surface area contributed by atoms with Gasteiger partial charge in [0.25, 0.3) is 10.0 Å². The molecule has 0 radical (unpaired) electrons. The van der Waals surface area contributed by atoms with E-state index in [0.29, 0.717) is 15.6 Å². The van der Waals surface area contributed by atoms with E-state index in [2.05, 4.69) is 5.32 Å². The van der Waals surface area contributed by atoms with E-state index in [1.165, 1.54) is 29.2 Å². The molecule has 1 atom stereocenters. The summed E-state index contributed by atoms with van der Waals surface area (Å²) in [6.45, 7) is 0.897. The Balaban J connectivity index is 1.73. The molecule has 0 heterocycles. The minimum atomic E-state index is -4.27. The van der Waals surface area contributed by atoms with E-state index >= 15 is 0 Å². The average molecular weight is 657 g/mol. The number of benzene rings is 3. The number of halogens is 4. The van der Waals surface area contributed by atoms with Gasteiger partial charge in [-0.1, -0.05) is 89.6 Å². The van der Waals surface area contributed by atoms with Crippen LogP contribution >= 0.6 is 46.4 Å². The Morgan fingerprint density at radius 3 is 2.27 bits per heavy atom. The number of nitrogens with one attached hydrogen (secondary N) is 1. The van der Waals surface area contributed by atoms with Crippen molar-refractivity contribution >= 4 is 73.9 Å². The Hall–Kier alpha value is -2.49. The normalized spacial score (nSPS) is 14.5. The van der Waals surface area contributed by atoms with Crippen molar-refractivity contribution in [2.75, 3.05) is 10.8 Å². The summed E-state index contributed by atoms with van der Waals surface area (Å²) >= 11 is 25.2. The van der Waals surface area contributed by atoms with E-state index in [1.54, 1.807) is 49.4 Å². The van der Waals surface area contributed by atoms with Gasteiger partial charge in [0.1, 0.15) is 12.6 Å². The van der Waals surface area contributed by atoms with Crippen molar-refractivity contribution in [3.63, 3.8) is 0 Å². The van der Waals surface area contributed by atoms with Crippen molar-refractivity contribution in [3.8, 4) is 0 Å². The van der Waals surface area contributed by atoms with Gasteiger partial charge in [-0.25, -0.2) is 8.42 Å². The molecule has 0 saturated heterocycles. The number of carbonyl (C=O) groups is 2. The van der Waals surface area contributed by atoms with Gasteiger partial charge in [0.2, 0.25) is 11.8 Å². The molecule has 7 nitrogen and oxygen atoms in total. The molecule has 1 fully saturated rings. The zero-order valence-electron chi connectivity index (χ0n) is 22.2. The van der Waals surface area contributed by atoms with Crippen LogP contribution in [0.5, 0.6) is 0 Å². The van der Waals surface area contributed by atoms with Crippen LogP contribution in [0.3, 0.4) is 0 Å². The lowest BCUT2D eigenvalue weighted by Crippen LogP contribution is -2.52. The molecule has 12 heteroatoms. The van der Waals surface area contributed by atoms with Crippen molar-refractivity contribution in [1.29, 1.82) is 0 Å². The summed E-state index contributed by atoms with van der Waals surface area (Å²) in [5.74, 6) is -0.978. The first-order valence-corrected chi connectivity index (χ1v) is 16.0. The number of amides is 2. The molecule has 41 heavy (non-hydrogen) atoms. The zero-order chi connectivity index (χ0) is 29.7. The molecule has 1 aliphatic rings. The highest BCUT2D eigenvalue weighted by Crippen LogP contribution is 2.35. The summed E-state index contributed by atoms with van der Waals surface area (Å²) in [6.07, 6.45) is 3.78. The predicted octanol–water partition coefficient (Wildman–Crippen LogP) is 6.97. The first-order valence-electron chi connectivity index (χ1n) is 13.0. The largest absolute Gasteiger partial charge is 0.352 e. The van der Waals surface area contributed by atoms with Crippen LogP contribution in [0.15, 0.2) is 71.6 Å². The maximum atomic E-state index is 14.1. The molecule has 0 unspecified atom stereocenters. The zero-order valence-corrected chi connectivity index (χ0v) is 26.0. The molecule has 218 valence electrons. The first-order chi connectivity index (χ1) is 19.5. The minimum Gasteiger partial charge on any atom is -0.352 e. The maximum Gasteiger partial charge on any atom is 0.264 e. The van der Waals surface area contributed by atoms with E-state index in [-0.39, 0.29) is 39.1 Å². The quantitative estimate of drug-likeness (QED) is 0.255. The van der Waals surface area contributed by atoms with Gasteiger partial charge in [-0.15, -0.1) is 0 Å². The van der Waals surface area contributed by atoms with Crippen LogP contribution in [0.2, 0.25) is 20.1 Å². The SMILES string of the molecule is C[C@H](C(=O)NC1CCCC1)N(Cc1ccc(Cl)cc1Cl)C(=O)CN(c1cccc(Cl)c1Cl)S(=O)(=O)c1ccccc1. The second-order valence-electron chi connectivity index (χ2n) is 9.82. The molecular weight excluding hydrogens is 628 g/mol. The summed E-state index contributed by atoms with van der Waals surface area (Å²) in [6, 6.07) is 16.2. The number of hydrogen-bond donors (Lipinski definition) is 1. The Labute approximate surface area is 260 Å². The third-order valence-electron chi connectivity index (χ3n) is 7.03. The Morgan fingerprint density at radius 2 is 1.61 bits per heavy atom. The highest BCUT2D eigenvalue weighted by molar-refractivity contribution is 7.92. The lowest BCUT2D eigenvalue weighted by molar-refractivity contribution is -0.139. The van der Waals surface area contributed by atoms with E-state index < -0.39 is 28.5 Å². The molecule has 0 aromatic heterocycles. The summed E-state index contributed by atoms with van der Waals surface area (Å²) < 4.78 is 28.7. The number of sulfonamides is 1. The Bertz CT molecular complexity index is 1520. The van der Waals surface area contributed by atoms with Gasteiger partial charge in [0.05, 0.1) is 20.6 Å². The second-order valence-corrected chi connectivity index (χ2v) is 13.3. The number of anilines is 1. The van der Waals surface area contributed by atoms with Crippen molar-refractivity contribution in [2.45, 2.75) is 56.1 Å². The van der Waals surface area contributed by atoms with Gasteiger partial charge < -0.3 is 10.2 Å². The van der Waals surface area contributed by atoms with Crippen LogP contribution in [0.1, 0.15) is 38.2 Å². The minimum absolute atomic E-state index is 0.0270. The molecule has 0 spiro atoms. The molecule has 3 aromatic rings. The topological polar surface area (TPSA) is 86.8 Å². The van der Waals surface area contributed by atoms with Crippen LogP contribution in [-0.2, 0) is 26.2 Å². The van der Waals surface area contributed by atoms with Gasteiger partial charge in [-0.3, -0.25) is 13.9 Å². The summed E-state index contributed by atoms with van der Waals surface area (Å²) in [4.78, 5) is 28.7. The van der Waals surface area contributed by atoms with Crippen molar-refractivity contribution in [1.82, 2.24) is 10.2 Å². The lowest BCUT2D eigenvalue weighted by Gasteiger charge is -2.33. The third kappa shape index (κ3) is 7.48. The molecule has 1 aliphatic carbocycles. The van der Waals surface area contributed by atoms with E-state index in [1.807, 2.05) is 0 Å². The standard InChI is InChI=1S/C29H29Cl4N3O4S/c1-19(29(38)34-22-8-5-6-9-22)35(17-20-14-15-21(30)16-25(20)32)27(37)18-36(26-13-7-12-24(31)28(26)33)41(39,40)23-10-3-2-4-11-23/h2-4,7,10-16,19,22H,5-6,8-9,17-18H2,1H3,(H,34,38)/t19-/m1/s1. The lowest BCUT2D eigenvalue weighted by atomic mass is 10.1. The number of carbonyl (C=O) groups excluding carboxylic acids is 2. The van der Waals surface area contributed by atoms with Crippen LogP contribution in [-0.4, -0.2) is 43.8 Å². The number of rotatable bonds is 10. The molecule has 0 aliphatic heterocycles. The van der Waals surface area contributed by atoms with Gasteiger partial charge in [-0.2, -0.15) is 0 Å². The second kappa shape index (κ2) is 13.7. The fourth-order valence-electron chi connectivity index (χ4n) is 4.73. The van der Waals surface area contributed by atoms with Crippen molar-refractivity contribution in [3.05, 3.63) is 92.4 Å².